The second-order valence-corrected chi connectivity index (χ2v) is 5.21. The summed E-state index contributed by atoms with van der Waals surface area (Å²) in [6, 6.07) is 14.9. The van der Waals surface area contributed by atoms with E-state index in [0.717, 1.165) is 5.56 Å². The molecule has 0 aliphatic heterocycles. The molecule has 0 bridgehead atoms. The highest BCUT2D eigenvalue weighted by Crippen LogP contribution is 2.26. The van der Waals surface area contributed by atoms with Crippen molar-refractivity contribution in [2.24, 2.45) is 0 Å². The summed E-state index contributed by atoms with van der Waals surface area (Å²) < 4.78 is 0. The molecular formula is C18H19O. The van der Waals surface area contributed by atoms with Gasteiger partial charge in [-0.15, -0.1) is 0 Å². The molecule has 1 unspecified atom stereocenters. The zero-order chi connectivity index (χ0) is 13.8. The van der Waals surface area contributed by atoms with Gasteiger partial charge in [0.2, 0.25) is 6.29 Å². The van der Waals surface area contributed by atoms with E-state index >= 15 is 0 Å². The van der Waals surface area contributed by atoms with Crippen molar-refractivity contribution in [3.63, 3.8) is 0 Å². The minimum atomic E-state index is 0.368. The molecule has 1 atom stereocenters. The maximum atomic E-state index is 10.4. The van der Waals surface area contributed by atoms with Gasteiger partial charge in [0.05, 0.1) is 0 Å². The third-order valence-electron chi connectivity index (χ3n) is 3.50. The topological polar surface area (TPSA) is 17.1 Å². The normalized spacial score (nSPS) is 12.2. The Morgan fingerprint density at radius 3 is 2.05 bits per heavy atom. The van der Waals surface area contributed by atoms with Crippen LogP contribution >= 0.6 is 0 Å². The lowest BCUT2D eigenvalue weighted by Crippen LogP contribution is -1.98. The van der Waals surface area contributed by atoms with Gasteiger partial charge in [0.25, 0.3) is 0 Å². The van der Waals surface area contributed by atoms with Gasteiger partial charge >= 0.3 is 0 Å². The summed E-state index contributed by atoms with van der Waals surface area (Å²) in [4.78, 5) is 10.4. The van der Waals surface area contributed by atoms with Crippen LogP contribution in [0.25, 0.3) is 0 Å². The fourth-order valence-electron chi connectivity index (χ4n) is 2.46. The van der Waals surface area contributed by atoms with Crippen LogP contribution in [-0.4, -0.2) is 6.29 Å². The van der Waals surface area contributed by atoms with Gasteiger partial charge < -0.3 is 0 Å². The largest absolute Gasteiger partial charge is 0.291 e. The second kappa shape index (κ2) is 5.83. The minimum absolute atomic E-state index is 0.368. The first-order valence-electron chi connectivity index (χ1n) is 6.62. The predicted octanol–water partition coefficient (Wildman–Crippen LogP) is 4.11. The summed E-state index contributed by atoms with van der Waals surface area (Å²) in [5.74, 6) is 0.368. The number of aryl methyl sites for hydroxylation is 2. The molecule has 0 aromatic heterocycles. The van der Waals surface area contributed by atoms with Crippen LogP contribution in [0.15, 0.2) is 42.5 Å². The maximum absolute atomic E-state index is 10.4. The molecule has 2 aromatic carbocycles. The van der Waals surface area contributed by atoms with Crippen molar-refractivity contribution >= 4 is 6.29 Å². The van der Waals surface area contributed by atoms with Crippen LogP contribution in [0.3, 0.4) is 0 Å². The van der Waals surface area contributed by atoms with E-state index in [4.69, 9.17) is 0 Å². The molecule has 0 saturated carbocycles. The fraction of sp³-hybridized carbons (Fsp3) is 0.278. The number of benzene rings is 2. The van der Waals surface area contributed by atoms with Crippen molar-refractivity contribution in [1.29, 1.82) is 0 Å². The summed E-state index contributed by atoms with van der Waals surface area (Å²) >= 11 is 0. The first kappa shape index (κ1) is 13.5. The highest BCUT2D eigenvalue weighted by atomic mass is 16.1. The van der Waals surface area contributed by atoms with Gasteiger partial charge in [0, 0.05) is 12.3 Å². The van der Waals surface area contributed by atoms with Gasteiger partial charge in [-0.3, -0.25) is 4.79 Å². The predicted molar refractivity (Wildman–Crippen MR) is 79.3 cm³/mol. The summed E-state index contributed by atoms with van der Waals surface area (Å²) in [5, 5.41) is 0. The average molecular weight is 251 g/mol. The monoisotopic (exact) mass is 251 g/mol. The summed E-state index contributed by atoms with van der Waals surface area (Å²) in [5.41, 5.74) is 6.24. The lowest BCUT2D eigenvalue weighted by molar-refractivity contribution is 0.555. The van der Waals surface area contributed by atoms with Gasteiger partial charge in [0.1, 0.15) is 0 Å². The molecule has 19 heavy (non-hydrogen) atoms. The third kappa shape index (κ3) is 3.31. The van der Waals surface area contributed by atoms with Crippen molar-refractivity contribution in [2.45, 2.75) is 33.1 Å². The smallest absolute Gasteiger partial charge is 0.203 e. The highest BCUT2D eigenvalue weighted by Gasteiger charge is 2.09. The van der Waals surface area contributed by atoms with Gasteiger partial charge in [0.15, 0.2) is 0 Å². The van der Waals surface area contributed by atoms with E-state index in [1.54, 1.807) is 0 Å². The van der Waals surface area contributed by atoms with Crippen molar-refractivity contribution in [1.82, 2.24) is 0 Å². The maximum Gasteiger partial charge on any atom is 0.203 e. The van der Waals surface area contributed by atoms with Crippen molar-refractivity contribution in [3.8, 4) is 0 Å². The van der Waals surface area contributed by atoms with Gasteiger partial charge in [-0.1, -0.05) is 60.5 Å². The van der Waals surface area contributed by atoms with E-state index in [2.05, 4.69) is 51.1 Å². The molecule has 0 N–H and O–H groups in total. The summed E-state index contributed by atoms with van der Waals surface area (Å²) in [7, 11) is 0. The van der Waals surface area contributed by atoms with Crippen molar-refractivity contribution in [3.05, 3.63) is 70.3 Å². The van der Waals surface area contributed by atoms with E-state index in [1.807, 2.05) is 18.4 Å². The first-order valence-corrected chi connectivity index (χ1v) is 6.62. The SMILES string of the molecule is Cc1cc(C)cc(C(C)c2ccc(C[C]=O)cc2)c1. The molecule has 1 radical (unpaired) electrons. The zero-order valence-electron chi connectivity index (χ0n) is 11.7. The quantitative estimate of drug-likeness (QED) is 0.799. The zero-order valence-corrected chi connectivity index (χ0v) is 11.7. The molecule has 0 heterocycles. The molecular weight excluding hydrogens is 232 g/mol. The summed E-state index contributed by atoms with van der Waals surface area (Å²) in [6.07, 6.45) is 2.30. The molecule has 1 heteroatoms. The van der Waals surface area contributed by atoms with Crippen LogP contribution in [0.1, 0.15) is 40.7 Å². The van der Waals surface area contributed by atoms with Crippen molar-refractivity contribution < 1.29 is 4.79 Å². The highest BCUT2D eigenvalue weighted by molar-refractivity contribution is 5.55. The molecule has 0 saturated heterocycles. The molecule has 1 nitrogen and oxygen atoms in total. The molecule has 0 spiro atoms. The fourth-order valence-corrected chi connectivity index (χ4v) is 2.46. The number of carbonyl (C=O) groups excluding carboxylic acids is 1. The number of hydrogen-bond acceptors (Lipinski definition) is 1. The lowest BCUT2D eigenvalue weighted by Gasteiger charge is -2.14. The first-order chi connectivity index (χ1) is 9.10. The van der Waals surface area contributed by atoms with E-state index in [9.17, 15) is 4.79 Å². The van der Waals surface area contributed by atoms with E-state index in [1.165, 1.54) is 22.3 Å². The van der Waals surface area contributed by atoms with Crippen LogP contribution in [0.2, 0.25) is 0 Å². The average Bonchev–Trinajstić information content (AvgIpc) is 2.38. The molecule has 0 fully saturated rings. The molecule has 2 aromatic rings. The Kier molecular flexibility index (Phi) is 4.16. The van der Waals surface area contributed by atoms with Crippen LogP contribution in [0, 0.1) is 13.8 Å². The van der Waals surface area contributed by atoms with Crippen LogP contribution in [0.5, 0.6) is 0 Å². The van der Waals surface area contributed by atoms with Crippen molar-refractivity contribution in [2.75, 3.05) is 0 Å². The molecule has 0 amide bonds. The Morgan fingerprint density at radius 1 is 0.947 bits per heavy atom. The van der Waals surface area contributed by atoms with E-state index < -0.39 is 0 Å². The second-order valence-electron chi connectivity index (χ2n) is 5.21. The molecule has 97 valence electrons. The third-order valence-corrected chi connectivity index (χ3v) is 3.50. The molecule has 0 aliphatic carbocycles. The molecule has 0 aliphatic rings. The Balaban J connectivity index is 2.27. The van der Waals surface area contributed by atoms with Crippen LogP contribution in [-0.2, 0) is 11.2 Å². The van der Waals surface area contributed by atoms with Crippen LogP contribution in [0.4, 0.5) is 0 Å². The van der Waals surface area contributed by atoms with E-state index in [-0.39, 0.29) is 0 Å². The Labute approximate surface area is 115 Å². The Hall–Kier alpha value is -1.89. The number of rotatable bonds is 4. The van der Waals surface area contributed by atoms with E-state index in [0.29, 0.717) is 12.3 Å². The van der Waals surface area contributed by atoms with Gasteiger partial charge in [-0.2, -0.15) is 0 Å². The Morgan fingerprint density at radius 2 is 1.53 bits per heavy atom. The number of hydrogen-bond donors (Lipinski definition) is 0. The van der Waals surface area contributed by atoms with Gasteiger partial charge in [-0.25, -0.2) is 0 Å². The standard InChI is InChI=1S/C18H19O/c1-13-10-14(2)12-18(11-13)15(3)17-6-4-16(5-7-17)8-9-19/h4-7,10-12,15H,8H2,1-3H3. The molecule has 2 rings (SSSR count). The van der Waals surface area contributed by atoms with Gasteiger partial charge in [-0.05, 0) is 30.5 Å². The lowest BCUT2D eigenvalue weighted by atomic mass is 9.90. The Bertz CT molecular complexity index is 546. The summed E-state index contributed by atoms with van der Waals surface area (Å²) in [6.45, 7) is 6.48. The van der Waals surface area contributed by atoms with Crippen LogP contribution < -0.4 is 0 Å². The minimum Gasteiger partial charge on any atom is -0.291 e.